The van der Waals surface area contributed by atoms with Crippen LogP contribution in [0.3, 0.4) is 0 Å². The van der Waals surface area contributed by atoms with E-state index in [2.05, 4.69) is 0 Å². The summed E-state index contributed by atoms with van der Waals surface area (Å²) in [6, 6.07) is 9.05. The Bertz CT molecular complexity index is 466. The van der Waals surface area contributed by atoms with E-state index in [9.17, 15) is 0 Å². The van der Waals surface area contributed by atoms with Gasteiger partial charge >= 0.3 is 0 Å². The smallest absolute Gasteiger partial charge is 0.0485 e. The van der Waals surface area contributed by atoms with Crippen molar-refractivity contribution in [3.05, 3.63) is 40.4 Å². The molecule has 0 fully saturated rings. The second-order valence-corrected chi connectivity index (χ2v) is 3.67. The Kier molecular flexibility index (Phi) is 2.06. The van der Waals surface area contributed by atoms with Crippen molar-refractivity contribution in [2.24, 2.45) is 0 Å². The van der Waals surface area contributed by atoms with Crippen LogP contribution in [0.2, 0.25) is 10.0 Å². The molecule has 0 heterocycles. The molecule has 2 aromatic rings. The van der Waals surface area contributed by atoms with Crippen molar-refractivity contribution in [1.82, 2.24) is 0 Å². The maximum atomic E-state index is 5.98. The number of halogens is 2. The number of nitrogens with two attached hydrogens (primary N) is 1. The highest BCUT2D eigenvalue weighted by molar-refractivity contribution is 6.37. The van der Waals surface area contributed by atoms with Crippen molar-refractivity contribution in [3.8, 4) is 0 Å². The zero-order chi connectivity index (χ0) is 9.42. The average molecular weight is 212 g/mol. The average Bonchev–Trinajstić information content (AvgIpc) is 2.12. The van der Waals surface area contributed by atoms with Crippen LogP contribution in [0.4, 0.5) is 5.69 Å². The van der Waals surface area contributed by atoms with Crippen LogP contribution in [-0.4, -0.2) is 0 Å². The second-order valence-electron chi connectivity index (χ2n) is 2.83. The van der Waals surface area contributed by atoms with E-state index >= 15 is 0 Å². The quantitative estimate of drug-likeness (QED) is 0.661. The topological polar surface area (TPSA) is 26.0 Å². The molecule has 0 saturated carbocycles. The maximum absolute atomic E-state index is 5.98. The summed E-state index contributed by atoms with van der Waals surface area (Å²) in [7, 11) is 0. The largest absolute Gasteiger partial charge is 0.398 e. The standard InChI is InChI=1S/C10H7Cl2N/c11-6-1-2-7-8(5-6)10(13)4-3-9(7)12/h1-5H,13H2. The van der Waals surface area contributed by atoms with Gasteiger partial charge in [-0.2, -0.15) is 0 Å². The van der Waals surface area contributed by atoms with E-state index in [1.807, 2.05) is 12.1 Å². The zero-order valence-corrected chi connectivity index (χ0v) is 8.23. The summed E-state index contributed by atoms with van der Waals surface area (Å²) < 4.78 is 0. The lowest BCUT2D eigenvalue weighted by atomic mass is 10.1. The van der Waals surface area contributed by atoms with Gasteiger partial charge in [0.15, 0.2) is 0 Å². The van der Waals surface area contributed by atoms with Gasteiger partial charge < -0.3 is 5.73 Å². The number of hydrogen-bond acceptors (Lipinski definition) is 1. The molecule has 0 spiro atoms. The first kappa shape index (κ1) is 8.67. The van der Waals surface area contributed by atoms with Crippen molar-refractivity contribution in [1.29, 1.82) is 0 Å². The summed E-state index contributed by atoms with van der Waals surface area (Å²) >= 11 is 11.8. The van der Waals surface area contributed by atoms with E-state index in [-0.39, 0.29) is 0 Å². The molecule has 2 N–H and O–H groups in total. The molecule has 2 aromatic carbocycles. The monoisotopic (exact) mass is 211 g/mol. The van der Waals surface area contributed by atoms with Crippen LogP contribution in [0.15, 0.2) is 30.3 Å². The predicted octanol–water partition coefficient (Wildman–Crippen LogP) is 3.73. The van der Waals surface area contributed by atoms with Gasteiger partial charge in [-0.05, 0) is 24.3 Å². The van der Waals surface area contributed by atoms with Crippen LogP contribution in [0.25, 0.3) is 10.8 Å². The molecule has 0 radical (unpaired) electrons. The zero-order valence-electron chi connectivity index (χ0n) is 6.72. The molecule has 0 aliphatic carbocycles. The van der Waals surface area contributed by atoms with Crippen LogP contribution in [0, 0.1) is 0 Å². The molecule has 0 aliphatic rings. The highest BCUT2D eigenvalue weighted by Crippen LogP contribution is 2.30. The Morgan fingerprint density at radius 2 is 1.69 bits per heavy atom. The minimum absolute atomic E-state index is 0.668. The fourth-order valence-electron chi connectivity index (χ4n) is 1.31. The summed E-state index contributed by atoms with van der Waals surface area (Å²) in [6.45, 7) is 0. The lowest BCUT2D eigenvalue weighted by Gasteiger charge is -2.03. The van der Waals surface area contributed by atoms with Crippen molar-refractivity contribution in [2.75, 3.05) is 5.73 Å². The van der Waals surface area contributed by atoms with E-state index in [1.54, 1.807) is 18.2 Å². The highest BCUT2D eigenvalue weighted by atomic mass is 35.5. The first-order chi connectivity index (χ1) is 6.18. The number of rotatable bonds is 0. The van der Waals surface area contributed by atoms with Gasteiger partial charge in [-0.15, -0.1) is 0 Å². The second kappa shape index (κ2) is 3.09. The summed E-state index contributed by atoms with van der Waals surface area (Å²) in [5.74, 6) is 0. The first-order valence-corrected chi connectivity index (χ1v) is 4.57. The maximum Gasteiger partial charge on any atom is 0.0485 e. The normalized spacial score (nSPS) is 10.6. The van der Waals surface area contributed by atoms with Gasteiger partial charge in [0, 0.05) is 26.5 Å². The minimum atomic E-state index is 0.668. The molecule has 0 aliphatic heterocycles. The van der Waals surface area contributed by atoms with E-state index in [0.29, 0.717) is 15.7 Å². The number of anilines is 1. The van der Waals surface area contributed by atoms with Crippen LogP contribution >= 0.6 is 23.2 Å². The molecule has 0 amide bonds. The van der Waals surface area contributed by atoms with Crippen molar-refractivity contribution in [3.63, 3.8) is 0 Å². The third-order valence-electron chi connectivity index (χ3n) is 1.96. The summed E-state index contributed by atoms with van der Waals surface area (Å²) in [5.41, 5.74) is 6.47. The number of hydrogen-bond donors (Lipinski definition) is 1. The number of fused-ring (bicyclic) bond motifs is 1. The van der Waals surface area contributed by atoms with Gasteiger partial charge in [0.25, 0.3) is 0 Å². The Balaban J connectivity index is 2.92. The van der Waals surface area contributed by atoms with Crippen molar-refractivity contribution in [2.45, 2.75) is 0 Å². The first-order valence-electron chi connectivity index (χ1n) is 3.82. The van der Waals surface area contributed by atoms with Gasteiger partial charge in [-0.1, -0.05) is 29.3 Å². The van der Waals surface area contributed by atoms with Gasteiger partial charge in [-0.25, -0.2) is 0 Å². The van der Waals surface area contributed by atoms with Crippen LogP contribution in [0.5, 0.6) is 0 Å². The fraction of sp³-hybridized carbons (Fsp3) is 0. The van der Waals surface area contributed by atoms with Gasteiger partial charge in [0.05, 0.1) is 0 Å². The molecule has 13 heavy (non-hydrogen) atoms. The van der Waals surface area contributed by atoms with Gasteiger partial charge in [0.2, 0.25) is 0 Å². The SMILES string of the molecule is Nc1ccc(Cl)c2ccc(Cl)cc12. The van der Waals surface area contributed by atoms with Crippen LogP contribution in [0.1, 0.15) is 0 Å². The molecule has 0 bridgehead atoms. The molecule has 2 rings (SSSR count). The molecule has 3 heteroatoms. The molecule has 0 aromatic heterocycles. The van der Waals surface area contributed by atoms with E-state index < -0.39 is 0 Å². The molecular weight excluding hydrogens is 205 g/mol. The lowest BCUT2D eigenvalue weighted by molar-refractivity contribution is 1.72. The highest BCUT2D eigenvalue weighted by Gasteiger charge is 2.02. The van der Waals surface area contributed by atoms with Crippen LogP contribution in [-0.2, 0) is 0 Å². The fourth-order valence-corrected chi connectivity index (χ4v) is 1.71. The van der Waals surface area contributed by atoms with E-state index in [1.165, 1.54) is 0 Å². The van der Waals surface area contributed by atoms with Crippen molar-refractivity contribution < 1.29 is 0 Å². The number of nitrogen functional groups attached to an aromatic ring is 1. The van der Waals surface area contributed by atoms with Gasteiger partial charge in [-0.3, -0.25) is 0 Å². The Morgan fingerprint density at radius 3 is 2.46 bits per heavy atom. The number of benzene rings is 2. The summed E-state index contributed by atoms with van der Waals surface area (Å²) in [6.07, 6.45) is 0. The third-order valence-corrected chi connectivity index (χ3v) is 2.52. The molecule has 1 nitrogen and oxygen atoms in total. The van der Waals surface area contributed by atoms with Crippen LogP contribution < -0.4 is 5.73 Å². The Morgan fingerprint density at radius 1 is 0.923 bits per heavy atom. The Hall–Kier alpha value is -0.920. The third kappa shape index (κ3) is 1.45. The minimum Gasteiger partial charge on any atom is -0.398 e. The lowest BCUT2D eigenvalue weighted by Crippen LogP contribution is -1.86. The molecule has 0 unspecified atom stereocenters. The van der Waals surface area contributed by atoms with Crippen molar-refractivity contribution >= 4 is 39.7 Å². The molecular formula is C10H7Cl2N. The molecule has 0 atom stereocenters. The van der Waals surface area contributed by atoms with E-state index in [0.717, 1.165) is 10.8 Å². The van der Waals surface area contributed by atoms with E-state index in [4.69, 9.17) is 28.9 Å². The molecule has 0 saturated heterocycles. The van der Waals surface area contributed by atoms with Gasteiger partial charge in [0.1, 0.15) is 0 Å². The molecule has 66 valence electrons. The predicted molar refractivity (Wildman–Crippen MR) is 58.4 cm³/mol. The summed E-state index contributed by atoms with van der Waals surface area (Å²) in [4.78, 5) is 0. The summed E-state index contributed by atoms with van der Waals surface area (Å²) in [5, 5.41) is 3.20. The Labute approximate surface area is 86.1 Å².